The molecular weight excluding hydrogens is 433 g/mol. The molecule has 1 heterocycles. The highest BCUT2D eigenvalue weighted by Crippen LogP contribution is 2.31. The minimum atomic E-state index is -4.39. The number of aliphatic carboxylic acids is 1. The molecule has 0 saturated carbocycles. The summed E-state index contributed by atoms with van der Waals surface area (Å²) in [6, 6.07) is 10.4. The maximum absolute atomic E-state index is 12.9. The van der Waals surface area contributed by atoms with Crippen molar-refractivity contribution in [2.45, 2.75) is 58.7 Å². The number of benzene rings is 2. The third-order valence-corrected chi connectivity index (χ3v) is 5.28. The quantitative estimate of drug-likeness (QED) is 0.463. The Morgan fingerprint density at radius 2 is 1.73 bits per heavy atom. The van der Waals surface area contributed by atoms with Crippen LogP contribution in [-0.4, -0.2) is 20.9 Å². The van der Waals surface area contributed by atoms with E-state index in [1.165, 1.54) is 12.1 Å². The normalized spacial score (nSPS) is 12.1. The average molecular weight is 460 g/mol. The lowest BCUT2D eigenvalue weighted by Crippen LogP contribution is -2.15. The summed E-state index contributed by atoms with van der Waals surface area (Å²) in [7, 11) is 0. The highest BCUT2D eigenvalue weighted by molar-refractivity contribution is 5.67. The van der Waals surface area contributed by atoms with E-state index in [1.807, 2.05) is 39.8 Å². The standard InChI is InChI=1S/C25H27F3N2O3/c1-16-13-21(11-5-17(16)6-12-22(31)32)33-15-18-14-30(29-23(18)24(2,3)4)20-9-7-19(8-10-20)25(26,27)28/h5,7-11,13-14H,6,12,15H2,1-4H3,(H,31,32). The van der Waals surface area contributed by atoms with Gasteiger partial charge in [0.1, 0.15) is 12.4 Å². The van der Waals surface area contributed by atoms with Gasteiger partial charge in [-0.2, -0.15) is 18.3 Å². The number of rotatable bonds is 7. The zero-order valence-corrected chi connectivity index (χ0v) is 19.0. The molecule has 5 nitrogen and oxygen atoms in total. The zero-order valence-electron chi connectivity index (χ0n) is 19.0. The predicted molar refractivity (Wildman–Crippen MR) is 119 cm³/mol. The molecule has 0 spiro atoms. The van der Waals surface area contributed by atoms with Crippen LogP contribution in [0.4, 0.5) is 13.2 Å². The van der Waals surface area contributed by atoms with Crippen molar-refractivity contribution in [3.63, 3.8) is 0 Å². The van der Waals surface area contributed by atoms with Crippen LogP contribution >= 0.6 is 0 Å². The molecule has 0 amide bonds. The lowest BCUT2D eigenvalue weighted by molar-refractivity contribution is -0.138. The summed E-state index contributed by atoms with van der Waals surface area (Å²) in [6.45, 7) is 8.18. The minimum absolute atomic E-state index is 0.0686. The summed E-state index contributed by atoms with van der Waals surface area (Å²) in [5.74, 6) is -0.191. The molecule has 0 fully saturated rings. The van der Waals surface area contributed by atoms with Gasteiger partial charge in [0.15, 0.2) is 0 Å². The van der Waals surface area contributed by atoms with E-state index in [4.69, 9.17) is 9.84 Å². The Bertz CT molecular complexity index is 1130. The molecule has 0 unspecified atom stereocenters. The summed E-state index contributed by atoms with van der Waals surface area (Å²) >= 11 is 0. The van der Waals surface area contributed by atoms with Gasteiger partial charge in [0.2, 0.25) is 0 Å². The number of carboxylic acid groups (broad SMARTS) is 1. The molecule has 0 aliphatic heterocycles. The molecule has 1 aromatic heterocycles. The van der Waals surface area contributed by atoms with Crippen LogP contribution in [0.25, 0.3) is 5.69 Å². The number of hydrogen-bond donors (Lipinski definition) is 1. The van der Waals surface area contributed by atoms with E-state index < -0.39 is 17.7 Å². The van der Waals surface area contributed by atoms with Crippen LogP contribution in [0, 0.1) is 6.92 Å². The van der Waals surface area contributed by atoms with E-state index in [1.54, 1.807) is 16.9 Å². The van der Waals surface area contributed by atoms with Crippen LogP contribution in [0.2, 0.25) is 0 Å². The topological polar surface area (TPSA) is 64.4 Å². The molecule has 1 N–H and O–H groups in total. The van der Waals surface area contributed by atoms with Gasteiger partial charge in [-0.25, -0.2) is 4.68 Å². The van der Waals surface area contributed by atoms with Gasteiger partial charge < -0.3 is 9.84 Å². The lowest BCUT2D eigenvalue weighted by Gasteiger charge is -2.18. The second-order valence-electron chi connectivity index (χ2n) is 9.01. The summed E-state index contributed by atoms with van der Waals surface area (Å²) in [4.78, 5) is 10.8. The first-order valence-corrected chi connectivity index (χ1v) is 10.6. The van der Waals surface area contributed by atoms with Crippen LogP contribution in [0.3, 0.4) is 0 Å². The van der Waals surface area contributed by atoms with E-state index in [0.717, 1.165) is 34.5 Å². The molecule has 8 heteroatoms. The van der Waals surface area contributed by atoms with Crippen LogP contribution in [0.5, 0.6) is 5.75 Å². The fraction of sp³-hybridized carbons (Fsp3) is 0.360. The molecule has 176 valence electrons. The first-order valence-electron chi connectivity index (χ1n) is 10.6. The summed E-state index contributed by atoms with van der Waals surface area (Å²) in [5.41, 5.74) is 3.04. The monoisotopic (exact) mass is 460 g/mol. The molecule has 0 bridgehead atoms. The zero-order chi connectivity index (χ0) is 24.4. The van der Waals surface area contributed by atoms with Crippen molar-refractivity contribution in [1.82, 2.24) is 9.78 Å². The molecule has 0 atom stereocenters. The van der Waals surface area contributed by atoms with Gasteiger partial charge in [0.25, 0.3) is 0 Å². The maximum Gasteiger partial charge on any atom is 0.416 e. The van der Waals surface area contributed by atoms with Gasteiger partial charge in [-0.15, -0.1) is 0 Å². The SMILES string of the molecule is Cc1cc(OCc2cn(-c3ccc(C(F)(F)F)cc3)nc2C(C)(C)C)ccc1CCC(=O)O. The molecule has 0 radical (unpaired) electrons. The van der Waals surface area contributed by atoms with Crippen molar-refractivity contribution in [1.29, 1.82) is 0 Å². The van der Waals surface area contributed by atoms with Crippen molar-refractivity contribution < 1.29 is 27.8 Å². The Morgan fingerprint density at radius 1 is 1.06 bits per heavy atom. The smallest absolute Gasteiger partial charge is 0.416 e. The van der Waals surface area contributed by atoms with E-state index in [-0.39, 0.29) is 18.4 Å². The maximum atomic E-state index is 12.9. The predicted octanol–water partition coefficient (Wildman–Crippen LogP) is 6.09. The van der Waals surface area contributed by atoms with Crippen molar-refractivity contribution in [3.05, 3.63) is 76.6 Å². The highest BCUT2D eigenvalue weighted by Gasteiger charge is 2.30. The number of alkyl halides is 3. The van der Waals surface area contributed by atoms with E-state index in [9.17, 15) is 18.0 Å². The Kier molecular flexibility index (Phi) is 6.86. The highest BCUT2D eigenvalue weighted by atomic mass is 19.4. The van der Waals surface area contributed by atoms with Crippen LogP contribution in [0.1, 0.15) is 55.1 Å². The summed E-state index contributed by atoms with van der Waals surface area (Å²) < 4.78 is 46.2. The van der Waals surface area contributed by atoms with Crippen molar-refractivity contribution in [2.24, 2.45) is 0 Å². The Hall–Kier alpha value is -3.29. The number of carbonyl (C=O) groups is 1. The van der Waals surface area contributed by atoms with Crippen molar-refractivity contribution in [2.75, 3.05) is 0 Å². The third kappa shape index (κ3) is 6.15. The Labute approximate surface area is 190 Å². The van der Waals surface area contributed by atoms with Gasteiger partial charge in [-0.1, -0.05) is 26.8 Å². The van der Waals surface area contributed by atoms with Crippen LogP contribution in [0.15, 0.2) is 48.7 Å². The molecular formula is C25H27F3N2O3. The number of nitrogens with zero attached hydrogens (tertiary/aromatic N) is 2. The van der Waals surface area contributed by atoms with Crippen LogP contribution < -0.4 is 4.74 Å². The Balaban J connectivity index is 1.81. The van der Waals surface area contributed by atoms with Gasteiger partial charge in [-0.3, -0.25) is 4.79 Å². The molecule has 2 aromatic carbocycles. The minimum Gasteiger partial charge on any atom is -0.489 e. The number of carboxylic acids is 1. The molecule has 0 saturated heterocycles. The molecule has 0 aliphatic rings. The largest absolute Gasteiger partial charge is 0.489 e. The first kappa shape index (κ1) is 24.4. The molecule has 0 aliphatic carbocycles. The summed E-state index contributed by atoms with van der Waals surface area (Å²) in [6.07, 6.45) is -2.09. The fourth-order valence-electron chi connectivity index (χ4n) is 3.52. The second-order valence-corrected chi connectivity index (χ2v) is 9.01. The number of ether oxygens (including phenoxy) is 1. The summed E-state index contributed by atoms with van der Waals surface area (Å²) in [5, 5.41) is 13.5. The van der Waals surface area contributed by atoms with Crippen LogP contribution in [-0.2, 0) is 29.4 Å². The van der Waals surface area contributed by atoms with E-state index in [0.29, 0.717) is 17.9 Å². The van der Waals surface area contributed by atoms with Gasteiger partial charge in [-0.05, 0) is 60.9 Å². The fourth-order valence-corrected chi connectivity index (χ4v) is 3.52. The second kappa shape index (κ2) is 9.29. The molecule has 3 rings (SSSR count). The lowest BCUT2D eigenvalue weighted by atomic mass is 9.90. The molecule has 33 heavy (non-hydrogen) atoms. The number of aryl methyl sites for hydroxylation is 2. The van der Waals surface area contributed by atoms with Gasteiger partial charge in [0, 0.05) is 23.6 Å². The average Bonchev–Trinajstić information content (AvgIpc) is 3.16. The van der Waals surface area contributed by atoms with E-state index >= 15 is 0 Å². The van der Waals surface area contributed by atoms with E-state index in [2.05, 4.69) is 5.10 Å². The molecule has 3 aromatic rings. The third-order valence-electron chi connectivity index (χ3n) is 5.28. The first-order chi connectivity index (χ1) is 15.3. The van der Waals surface area contributed by atoms with Crippen molar-refractivity contribution >= 4 is 5.97 Å². The Morgan fingerprint density at radius 3 is 2.27 bits per heavy atom. The van der Waals surface area contributed by atoms with Gasteiger partial charge in [0.05, 0.1) is 16.9 Å². The number of halogens is 3. The number of hydrogen-bond acceptors (Lipinski definition) is 3. The van der Waals surface area contributed by atoms with Crippen molar-refractivity contribution in [3.8, 4) is 11.4 Å². The van der Waals surface area contributed by atoms with Gasteiger partial charge >= 0.3 is 12.1 Å². The number of aromatic nitrogens is 2.